The summed E-state index contributed by atoms with van der Waals surface area (Å²) in [5, 5.41) is 11.9. The van der Waals surface area contributed by atoms with Crippen molar-refractivity contribution in [1.29, 1.82) is 5.26 Å². The van der Waals surface area contributed by atoms with Gasteiger partial charge in [-0.2, -0.15) is 5.26 Å². The molecule has 0 aliphatic carbocycles. The van der Waals surface area contributed by atoms with E-state index in [-0.39, 0.29) is 18.4 Å². The fraction of sp³-hybridized carbons (Fsp3) is 0.353. The number of carbonyl (C=O) groups excluding carboxylic acids is 2. The molecule has 8 heteroatoms. The van der Waals surface area contributed by atoms with Crippen LogP contribution in [0.3, 0.4) is 0 Å². The van der Waals surface area contributed by atoms with Gasteiger partial charge in [-0.1, -0.05) is 6.07 Å². The lowest BCUT2D eigenvalue weighted by Gasteiger charge is -2.12. The molecule has 1 aliphatic heterocycles. The molecule has 2 amide bonds. The minimum absolute atomic E-state index is 0.0524. The zero-order valence-electron chi connectivity index (χ0n) is 13.8. The molecule has 1 aromatic carbocycles. The molecule has 2 rings (SSSR count). The fourth-order valence-electron chi connectivity index (χ4n) is 2.27. The molecule has 0 bridgehead atoms. The van der Waals surface area contributed by atoms with E-state index in [0.29, 0.717) is 23.7 Å². The number of primary amides is 1. The highest BCUT2D eigenvalue weighted by molar-refractivity contribution is 6.01. The van der Waals surface area contributed by atoms with E-state index in [1.54, 1.807) is 18.2 Å². The smallest absolute Gasteiger partial charge is 0.263 e. The van der Waals surface area contributed by atoms with Crippen LogP contribution in [0, 0.1) is 11.3 Å². The average Bonchev–Trinajstić information content (AvgIpc) is 3.10. The molecule has 25 heavy (non-hydrogen) atoms. The van der Waals surface area contributed by atoms with Gasteiger partial charge in [0.05, 0.1) is 7.11 Å². The lowest BCUT2D eigenvalue weighted by Crippen LogP contribution is -2.34. The molecule has 1 aromatic rings. The van der Waals surface area contributed by atoms with Crippen molar-refractivity contribution in [2.75, 3.05) is 20.3 Å². The van der Waals surface area contributed by atoms with Crippen molar-refractivity contribution >= 4 is 17.9 Å². The van der Waals surface area contributed by atoms with Gasteiger partial charge in [0.15, 0.2) is 18.1 Å². The predicted molar refractivity (Wildman–Crippen MR) is 88.4 cm³/mol. The van der Waals surface area contributed by atoms with E-state index >= 15 is 0 Å². The number of carbonyl (C=O) groups is 2. The van der Waals surface area contributed by atoms with Crippen molar-refractivity contribution in [2.24, 2.45) is 5.73 Å². The number of nitriles is 1. The molecule has 0 aromatic heterocycles. The summed E-state index contributed by atoms with van der Waals surface area (Å²) in [5.41, 5.74) is 5.56. The largest absolute Gasteiger partial charge is 0.493 e. The molecule has 0 saturated carbocycles. The van der Waals surface area contributed by atoms with Crippen LogP contribution >= 0.6 is 0 Å². The highest BCUT2D eigenvalue weighted by Crippen LogP contribution is 2.29. The minimum Gasteiger partial charge on any atom is -0.493 e. The molecule has 3 N–H and O–H groups in total. The zero-order chi connectivity index (χ0) is 18.2. The van der Waals surface area contributed by atoms with Gasteiger partial charge < -0.3 is 25.3 Å². The van der Waals surface area contributed by atoms with Gasteiger partial charge in [0.2, 0.25) is 0 Å². The quantitative estimate of drug-likeness (QED) is 0.554. The number of amides is 2. The standard InChI is InChI=1S/C17H19N3O5/c1-23-14-8-11(4-5-13(14)25-10-15(19)21)7-12(9-18)17(22)20-16-3-2-6-24-16/h4-5,7-8,16H,2-3,6,10H2,1H3,(H2,19,21)(H,20,22)/b12-7+. The Balaban J connectivity index is 2.14. The summed E-state index contributed by atoms with van der Waals surface area (Å²) in [4.78, 5) is 22.9. The van der Waals surface area contributed by atoms with Crippen molar-refractivity contribution in [3.05, 3.63) is 29.3 Å². The topological polar surface area (TPSA) is 124 Å². The monoisotopic (exact) mass is 345 g/mol. The van der Waals surface area contributed by atoms with Gasteiger partial charge in [0.25, 0.3) is 11.8 Å². The van der Waals surface area contributed by atoms with Gasteiger partial charge in [-0.05, 0) is 36.6 Å². The first-order chi connectivity index (χ1) is 12.0. The fourth-order valence-corrected chi connectivity index (χ4v) is 2.27. The second kappa shape index (κ2) is 8.70. The number of rotatable bonds is 7. The van der Waals surface area contributed by atoms with Crippen LogP contribution in [-0.2, 0) is 14.3 Å². The molecular formula is C17H19N3O5. The van der Waals surface area contributed by atoms with Crippen molar-refractivity contribution in [3.8, 4) is 17.6 Å². The molecule has 1 saturated heterocycles. The number of benzene rings is 1. The highest BCUT2D eigenvalue weighted by Gasteiger charge is 2.20. The average molecular weight is 345 g/mol. The minimum atomic E-state index is -0.608. The molecule has 1 heterocycles. The first kappa shape index (κ1) is 18.3. The van der Waals surface area contributed by atoms with Crippen LogP contribution < -0.4 is 20.5 Å². The van der Waals surface area contributed by atoms with Gasteiger partial charge in [-0.3, -0.25) is 9.59 Å². The molecule has 1 unspecified atom stereocenters. The maximum atomic E-state index is 12.1. The second-order valence-electron chi connectivity index (χ2n) is 5.31. The Kier molecular flexibility index (Phi) is 6.37. The van der Waals surface area contributed by atoms with Gasteiger partial charge >= 0.3 is 0 Å². The summed E-state index contributed by atoms with van der Waals surface area (Å²) in [7, 11) is 1.44. The second-order valence-corrected chi connectivity index (χ2v) is 5.31. The van der Waals surface area contributed by atoms with Crippen molar-refractivity contribution in [2.45, 2.75) is 19.1 Å². The summed E-state index contributed by atoms with van der Waals surface area (Å²) < 4.78 is 15.7. The molecule has 132 valence electrons. The van der Waals surface area contributed by atoms with Crippen LogP contribution in [0.4, 0.5) is 0 Å². The number of nitrogens with two attached hydrogens (primary N) is 1. The van der Waals surface area contributed by atoms with Gasteiger partial charge in [-0.15, -0.1) is 0 Å². The highest BCUT2D eigenvalue weighted by atomic mass is 16.5. The van der Waals surface area contributed by atoms with Crippen molar-refractivity contribution in [3.63, 3.8) is 0 Å². The molecule has 1 atom stereocenters. The third kappa shape index (κ3) is 5.22. The summed E-state index contributed by atoms with van der Waals surface area (Å²) in [5.74, 6) is -0.418. The van der Waals surface area contributed by atoms with Crippen LogP contribution in [0.1, 0.15) is 18.4 Å². The van der Waals surface area contributed by atoms with Gasteiger partial charge in [0.1, 0.15) is 17.9 Å². The first-order valence-corrected chi connectivity index (χ1v) is 7.67. The molecule has 1 fully saturated rings. The zero-order valence-corrected chi connectivity index (χ0v) is 13.8. The third-order valence-electron chi connectivity index (χ3n) is 3.46. The number of methoxy groups -OCH3 is 1. The van der Waals surface area contributed by atoms with Crippen molar-refractivity contribution in [1.82, 2.24) is 5.32 Å². The molecule has 0 spiro atoms. The SMILES string of the molecule is COc1cc(/C=C(\C#N)C(=O)NC2CCCO2)ccc1OCC(N)=O. The lowest BCUT2D eigenvalue weighted by molar-refractivity contribution is -0.120. The number of nitrogens with one attached hydrogen (secondary N) is 1. The van der Waals surface area contributed by atoms with E-state index in [4.69, 9.17) is 19.9 Å². The summed E-state index contributed by atoms with van der Waals surface area (Å²) in [6.07, 6.45) is 2.68. The molecular weight excluding hydrogens is 326 g/mol. The Labute approximate surface area is 145 Å². The maximum Gasteiger partial charge on any atom is 0.263 e. The van der Waals surface area contributed by atoms with Gasteiger partial charge in [-0.25, -0.2) is 0 Å². The predicted octanol–water partition coefficient (Wildman–Crippen LogP) is 0.719. The summed E-state index contributed by atoms with van der Waals surface area (Å²) >= 11 is 0. The van der Waals surface area contributed by atoms with Crippen LogP contribution in [0.2, 0.25) is 0 Å². The summed E-state index contributed by atoms with van der Waals surface area (Å²) in [6.45, 7) is 0.319. The van der Waals surface area contributed by atoms with E-state index in [1.165, 1.54) is 13.2 Å². The van der Waals surface area contributed by atoms with E-state index in [9.17, 15) is 14.9 Å². The normalized spacial score (nSPS) is 16.8. The lowest BCUT2D eigenvalue weighted by atomic mass is 10.1. The van der Waals surface area contributed by atoms with E-state index in [1.807, 2.05) is 6.07 Å². The molecule has 8 nitrogen and oxygen atoms in total. The Hall–Kier alpha value is -3.05. The third-order valence-corrected chi connectivity index (χ3v) is 3.46. The van der Waals surface area contributed by atoms with Crippen LogP contribution in [-0.4, -0.2) is 38.4 Å². The van der Waals surface area contributed by atoms with Gasteiger partial charge in [0, 0.05) is 6.61 Å². The van der Waals surface area contributed by atoms with Crippen molar-refractivity contribution < 1.29 is 23.8 Å². The molecule has 1 aliphatic rings. The Morgan fingerprint density at radius 3 is 2.88 bits per heavy atom. The Bertz CT molecular complexity index is 717. The van der Waals surface area contributed by atoms with E-state index in [2.05, 4.69) is 5.32 Å². The van der Waals surface area contributed by atoms with Crippen LogP contribution in [0.25, 0.3) is 6.08 Å². The first-order valence-electron chi connectivity index (χ1n) is 7.67. The van der Waals surface area contributed by atoms with Crippen LogP contribution in [0.5, 0.6) is 11.5 Å². The maximum absolute atomic E-state index is 12.1. The Morgan fingerprint density at radius 1 is 1.48 bits per heavy atom. The van der Waals surface area contributed by atoms with E-state index in [0.717, 1.165) is 12.8 Å². The number of hydrogen-bond donors (Lipinski definition) is 2. The number of ether oxygens (including phenoxy) is 3. The molecule has 0 radical (unpaired) electrons. The van der Waals surface area contributed by atoms with E-state index < -0.39 is 11.8 Å². The van der Waals surface area contributed by atoms with Crippen LogP contribution in [0.15, 0.2) is 23.8 Å². The Morgan fingerprint density at radius 2 is 2.28 bits per heavy atom. The number of hydrogen-bond acceptors (Lipinski definition) is 6. The summed E-state index contributed by atoms with van der Waals surface area (Å²) in [6, 6.07) is 6.67. The number of nitrogens with zero attached hydrogens (tertiary/aromatic N) is 1.